The van der Waals surface area contributed by atoms with E-state index in [4.69, 9.17) is 0 Å². The van der Waals surface area contributed by atoms with Gasteiger partial charge in [-0.05, 0) is 37.1 Å². The molecule has 0 aliphatic carbocycles. The minimum Gasteiger partial charge on any atom is -0.283 e. The van der Waals surface area contributed by atoms with Crippen LogP contribution in [0.1, 0.15) is 31.0 Å². The maximum absolute atomic E-state index is 4.65. The van der Waals surface area contributed by atoms with Gasteiger partial charge in [-0.15, -0.1) is 10.2 Å². The average Bonchev–Trinajstić information content (AvgIpc) is 2.86. The molecule has 0 aliphatic heterocycles. The van der Waals surface area contributed by atoms with Crippen LogP contribution in [0.5, 0.6) is 0 Å². The number of benzene rings is 1. The minimum atomic E-state index is 0.303. The van der Waals surface area contributed by atoms with E-state index in [1.165, 1.54) is 5.56 Å². The number of imidazole rings is 1. The number of aryl methyl sites for hydroxylation is 1. The lowest BCUT2D eigenvalue weighted by Gasteiger charge is -2.01. The quantitative estimate of drug-likeness (QED) is 0.608. The van der Waals surface area contributed by atoms with E-state index in [0.717, 1.165) is 22.8 Å². The smallest absolute Gasteiger partial charge is 0.183 e. The standard InChI is InChI=1S/C17H18N4/c1-12(2)16-17(21-11-5-4-6-15(21)18-16)20-19-14-9-7-13(3)8-10-14/h4-12H,1-3H3. The van der Waals surface area contributed by atoms with Gasteiger partial charge in [0.2, 0.25) is 0 Å². The summed E-state index contributed by atoms with van der Waals surface area (Å²) in [6.45, 7) is 6.29. The highest BCUT2D eigenvalue weighted by Crippen LogP contribution is 2.29. The predicted octanol–water partition coefficient (Wildman–Crippen LogP) is 5.18. The molecule has 0 saturated carbocycles. The lowest BCUT2D eigenvalue weighted by molar-refractivity contribution is 0.831. The number of hydrogen-bond acceptors (Lipinski definition) is 3. The van der Waals surface area contributed by atoms with E-state index in [1.807, 2.05) is 53.1 Å². The Morgan fingerprint density at radius 1 is 1.00 bits per heavy atom. The SMILES string of the molecule is Cc1ccc(N=Nc2c(C(C)C)nc3ccccn23)cc1. The van der Waals surface area contributed by atoms with Crippen molar-refractivity contribution >= 4 is 17.2 Å². The highest BCUT2D eigenvalue weighted by Gasteiger charge is 2.14. The molecule has 0 atom stereocenters. The van der Waals surface area contributed by atoms with Crippen molar-refractivity contribution < 1.29 is 0 Å². The Balaban J connectivity index is 2.06. The summed E-state index contributed by atoms with van der Waals surface area (Å²) in [6.07, 6.45) is 1.97. The Hall–Kier alpha value is -2.49. The monoisotopic (exact) mass is 278 g/mol. The molecular weight excluding hydrogens is 260 g/mol. The lowest BCUT2D eigenvalue weighted by Crippen LogP contribution is -1.87. The van der Waals surface area contributed by atoms with Crippen LogP contribution in [0.15, 0.2) is 58.9 Å². The second-order valence-corrected chi connectivity index (χ2v) is 5.44. The molecule has 2 heterocycles. The van der Waals surface area contributed by atoms with Crippen LogP contribution >= 0.6 is 0 Å². The first kappa shape index (κ1) is 13.5. The number of pyridine rings is 1. The Morgan fingerprint density at radius 2 is 1.76 bits per heavy atom. The molecule has 0 radical (unpaired) electrons. The van der Waals surface area contributed by atoms with Crippen LogP contribution in [0.3, 0.4) is 0 Å². The molecule has 1 aromatic carbocycles. The molecule has 21 heavy (non-hydrogen) atoms. The van der Waals surface area contributed by atoms with Gasteiger partial charge >= 0.3 is 0 Å². The van der Waals surface area contributed by atoms with Gasteiger partial charge in [0.1, 0.15) is 5.65 Å². The zero-order chi connectivity index (χ0) is 14.8. The van der Waals surface area contributed by atoms with Gasteiger partial charge in [0.05, 0.1) is 11.4 Å². The Morgan fingerprint density at radius 3 is 2.48 bits per heavy atom. The van der Waals surface area contributed by atoms with Gasteiger partial charge in [-0.25, -0.2) is 4.98 Å². The summed E-state index contributed by atoms with van der Waals surface area (Å²) in [5, 5.41) is 8.79. The Bertz CT molecular complexity index is 782. The lowest BCUT2D eigenvalue weighted by atomic mass is 10.1. The van der Waals surface area contributed by atoms with E-state index < -0.39 is 0 Å². The molecule has 0 aliphatic rings. The average molecular weight is 278 g/mol. The van der Waals surface area contributed by atoms with Gasteiger partial charge in [-0.3, -0.25) is 4.40 Å². The molecule has 0 fully saturated rings. The van der Waals surface area contributed by atoms with E-state index in [-0.39, 0.29) is 0 Å². The summed E-state index contributed by atoms with van der Waals surface area (Å²) < 4.78 is 1.98. The molecule has 3 aromatic rings. The van der Waals surface area contributed by atoms with Gasteiger partial charge in [-0.1, -0.05) is 37.6 Å². The van der Waals surface area contributed by atoms with Crippen LogP contribution in [0.2, 0.25) is 0 Å². The normalized spacial score (nSPS) is 11.8. The number of fused-ring (bicyclic) bond motifs is 1. The van der Waals surface area contributed by atoms with Crippen molar-refractivity contribution in [2.75, 3.05) is 0 Å². The first-order valence-corrected chi connectivity index (χ1v) is 7.10. The van der Waals surface area contributed by atoms with Crippen LogP contribution < -0.4 is 0 Å². The van der Waals surface area contributed by atoms with E-state index in [0.29, 0.717) is 5.92 Å². The van der Waals surface area contributed by atoms with Crippen molar-refractivity contribution in [3.63, 3.8) is 0 Å². The molecule has 0 unspecified atom stereocenters. The van der Waals surface area contributed by atoms with Crippen LogP contribution in [-0.4, -0.2) is 9.38 Å². The Labute approximate surface area is 124 Å². The first-order valence-electron chi connectivity index (χ1n) is 7.10. The number of rotatable bonds is 3. The fraction of sp³-hybridized carbons (Fsp3) is 0.235. The largest absolute Gasteiger partial charge is 0.283 e. The van der Waals surface area contributed by atoms with Gasteiger partial charge in [0.25, 0.3) is 0 Å². The van der Waals surface area contributed by atoms with Crippen molar-refractivity contribution in [3.8, 4) is 0 Å². The molecule has 0 N–H and O–H groups in total. The van der Waals surface area contributed by atoms with Crippen molar-refractivity contribution in [2.45, 2.75) is 26.7 Å². The van der Waals surface area contributed by atoms with E-state index in [9.17, 15) is 0 Å². The maximum Gasteiger partial charge on any atom is 0.183 e. The molecule has 4 nitrogen and oxygen atoms in total. The van der Waals surface area contributed by atoms with Crippen molar-refractivity contribution in [2.24, 2.45) is 10.2 Å². The predicted molar refractivity (Wildman–Crippen MR) is 84.6 cm³/mol. The van der Waals surface area contributed by atoms with Crippen LogP contribution in [0.25, 0.3) is 5.65 Å². The molecule has 0 saturated heterocycles. The van der Waals surface area contributed by atoms with Crippen molar-refractivity contribution in [1.82, 2.24) is 9.38 Å². The third kappa shape index (κ3) is 2.70. The third-order valence-corrected chi connectivity index (χ3v) is 3.37. The highest BCUT2D eigenvalue weighted by molar-refractivity contribution is 5.53. The van der Waals surface area contributed by atoms with Gasteiger partial charge in [0.15, 0.2) is 5.82 Å². The number of aromatic nitrogens is 2. The molecule has 106 valence electrons. The Kier molecular flexibility index (Phi) is 3.52. The van der Waals surface area contributed by atoms with Crippen molar-refractivity contribution in [1.29, 1.82) is 0 Å². The van der Waals surface area contributed by atoms with Crippen LogP contribution in [0, 0.1) is 6.92 Å². The topological polar surface area (TPSA) is 42.0 Å². The molecule has 0 bridgehead atoms. The fourth-order valence-electron chi connectivity index (χ4n) is 2.20. The van der Waals surface area contributed by atoms with Gasteiger partial charge < -0.3 is 0 Å². The maximum atomic E-state index is 4.65. The van der Waals surface area contributed by atoms with E-state index in [2.05, 4.69) is 36.0 Å². The molecule has 0 amide bonds. The second kappa shape index (κ2) is 5.48. The number of azo groups is 1. The van der Waals surface area contributed by atoms with E-state index >= 15 is 0 Å². The summed E-state index contributed by atoms with van der Waals surface area (Å²) in [7, 11) is 0. The fourth-order valence-corrected chi connectivity index (χ4v) is 2.20. The number of hydrogen-bond donors (Lipinski definition) is 0. The second-order valence-electron chi connectivity index (χ2n) is 5.44. The summed E-state index contributed by atoms with van der Waals surface area (Å²) >= 11 is 0. The van der Waals surface area contributed by atoms with E-state index in [1.54, 1.807) is 0 Å². The molecule has 0 spiro atoms. The summed E-state index contributed by atoms with van der Waals surface area (Å²) in [5.41, 5.74) is 3.93. The zero-order valence-electron chi connectivity index (χ0n) is 12.5. The zero-order valence-corrected chi connectivity index (χ0v) is 12.5. The van der Waals surface area contributed by atoms with Gasteiger partial charge in [0, 0.05) is 6.20 Å². The van der Waals surface area contributed by atoms with Crippen LogP contribution in [-0.2, 0) is 0 Å². The minimum absolute atomic E-state index is 0.303. The summed E-state index contributed by atoms with van der Waals surface area (Å²) in [6, 6.07) is 13.9. The molecular formula is C17H18N4. The third-order valence-electron chi connectivity index (χ3n) is 3.37. The highest BCUT2D eigenvalue weighted by atomic mass is 15.2. The summed E-state index contributed by atoms with van der Waals surface area (Å²) in [5.74, 6) is 1.11. The summed E-state index contributed by atoms with van der Waals surface area (Å²) in [4.78, 5) is 4.65. The molecule has 3 rings (SSSR count). The molecule has 2 aromatic heterocycles. The molecule has 4 heteroatoms. The number of nitrogens with zero attached hydrogens (tertiary/aromatic N) is 4. The van der Waals surface area contributed by atoms with Crippen molar-refractivity contribution in [3.05, 3.63) is 59.9 Å². The van der Waals surface area contributed by atoms with Gasteiger partial charge in [-0.2, -0.15) is 0 Å². The van der Waals surface area contributed by atoms with Crippen LogP contribution in [0.4, 0.5) is 11.5 Å². The first-order chi connectivity index (χ1) is 10.1.